The van der Waals surface area contributed by atoms with E-state index in [1.165, 1.54) is 19.1 Å². The molecule has 0 aliphatic carbocycles. The van der Waals surface area contributed by atoms with Crippen LogP contribution in [0.15, 0.2) is 40.8 Å². The SMILES string of the molecule is CC(=O)Nc1ccc(C(=O)Nc2ccc(C)cc2)o1. The maximum atomic E-state index is 11.9. The Bertz CT molecular complexity index is 599. The van der Waals surface area contributed by atoms with Crippen molar-refractivity contribution in [3.63, 3.8) is 0 Å². The molecule has 2 amide bonds. The summed E-state index contributed by atoms with van der Waals surface area (Å²) in [4.78, 5) is 22.7. The Balaban J connectivity index is 2.05. The second-order valence-corrected chi connectivity index (χ2v) is 4.17. The van der Waals surface area contributed by atoms with Gasteiger partial charge in [-0.15, -0.1) is 0 Å². The molecule has 0 saturated carbocycles. The minimum Gasteiger partial charge on any atom is -0.435 e. The number of hydrogen-bond donors (Lipinski definition) is 2. The van der Waals surface area contributed by atoms with Crippen molar-refractivity contribution in [1.82, 2.24) is 0 Å². The van der Waals surface area contributed by atoms with Crippen LogP contribution >= 0.6 is 0 Å². The summed E-state index contributed by atoms with van der Waals surface area (Å²) in [7, 11) is 0. The molecule has 0 aliphatic heterocycles. The zero-order chi connectivity index (χ0) is 13.8. The van der Waals surface area contributed by atoms with Crippen molar-refractivity contribution in [2.75, 3.05) is 10.6 Å². The van der Waals surface area contributed by atoms with Crippen LogP contribution in [0.1, 0.15) is 23.0 Å². The number of nitrogens with one attached hydrogen (secondary N) is 2. The predicted molar refractivity (Wildman–Crippen MR) is 72.1 cm³/mol. The predicted octanol–water partition coefficient (Wildman–Crippen LogP) is 2.80. The monoisotopic (exact) mass is 258 g/mol. The van der Waals surface area contributed by atoms with Crippen LogP contribution in [0, 0.1) is 6.92 Å². The van der Waals surface area contributed by atoms with Gasteiger partial charge in [0.2, 0.25) is 5.91 Å². The molecule has 0 atom stereocenters. The van der Waals surface area contributed by atoms with Crippen molar-refractivity contribution in [2.24, 2.45) is 0 Å². The van der Waals surface area contributed by atoms with Crippen molar-refractivity contribution in [3.05, 3.63) is 47.7 Å². The summed E-state index contributed by atoms with van der Waals surface area (Å²) in [5, 5.41) is 5.17. The van der Waals surface area contributed by atoms with Crippen LogP contribution in [0.3, 0.4) is 0 Å². The van der Waals surface area contributed by atoms with E-state index >= 15 is 0 Å². The Kier molecular flexibility index (Phi) is 3.66. The van der Waals surface area contributed by atoms with Crippen molar-refractivity contribution in [3.8, 4) is 0 Å². The van der Waals surface area contributed by atoms with Crippen LogP contribution < -0.4 is 10.6 Å². The maximum absolute atomic E-state index is 11.9. The van der Waals surface area contributed by atoms with E-state index in [-0.39, 0.29) is 23.5 Å². The molecule has 2 aromatic rings. The zero-order valence-electron chi connectivity index (χ0n) is 10.7. The highest BCUT2D eigenvalue weighted by atomic mass is 16.4. The molecular formula is C14H14N2O3. The van der Waals surface area contributed by atoms with Crippen LogP contribution in [-0.2, 0) is 4.79 Å². The summed E-state index contributed by atoms with van der Waals surface area (Å²) < 4.78 is 5.21. The lowest BCUT2D eigenvalue weighted by atomic mass is 10.2. The van der Waals surface area contributed by atoms with Gasteiger partial charge in [-0.05, 0) is 25.1 Å². The third kappa shape index (κ3) is 3.45. The molecule has 0 saturated heterocycles. The summed E-state index contributed by atoms with van der Waals surface area (Å²) in [6.45, 7) is 3.34. The quantitative estimate of drug-likeness (QED) is 0.889. The second kappa shape index (κ2) is 5.39. The van der Waals surface area contributed by atoms with E-state index in [0.717, 1.165) is 5.56 Å². The van der Waals surface area contributed by atoms with E-state index in [9.17, 15) is 9.59 Å². The van der Waals surface area contributed by atoms with Gasteiger partial charge < -0.3 is 9.73 Å². The van der Waals surface area contributed by atoms with E-state index in [4.69, 9.17) is 4.42 Å². The number of carbonyl (C=O) groups is 2. The lowest BCUT2D eigenvalue weighted by molar-refractivity contribution is -0.114. The molecule has 1 heterocycles. The first-order valence-electron chi connectivity index (χ1n) is 5.80. The number of hydrogen-bond acceptors (Lipinski definition) is 3. The van der Waals surface area contributed by atoms with Crippen molar-refractivity contribution >= 4 is 23.4 Å². The number of anilines is 2. The van der Waals surface area contributed by atoms with E-state index < -0.39 is 0 Å². The lowest BCUT2D eigenvalue weighted by Crippen LogP contribution is -2.11. The van der Waals surface area contributed by atoms with Gasteiger partial charge in [-0.1, -0.05) is 17.7 Å². The number of aryl methyl sites for hydroxylation is 1. The van der Waals surface area contributed by atoms with Crippen LogP contribution in [0.25, 0.3) is 0 Å². The normalized spacial score (nSPS) is 10.0. The van der Waals surface area contributed by atoms with Crippen molar-refractivity contribution in [1.29, 1.82) is 0 Å². The summed E-state index contributed by atoms with van der Waals surface area (Å²) in [6.07, 6.45) is 0. The molecule has 5 heteroatoms. The van der Waals surface area contributed by atoms with E-state index in [0.29, 0.717) is 5.69 Å². The Morgan fingerprint density at radius 2 is 1.68 bits per heavy atom. The Labute approximate surface area is 110 Å². The number of furan rings is 1. The molecule has 1 aromatic heterocycles. The van der Waals surface area contributed by atoms with Gasteiger partial charge in [-0.3, -0.25) is 14.9 Å². The fourth-order valence-corrected chi connectivity index (χ4v) is 1.53. The van der Waals surface area contributed by atoms with Crippen molar-refractivity contribution < 1.29 is 14.0 Å². The molecule has 98 valence electrons. The van der Waals surface area contributed by atoms with E-state index in [1.54, 1.807) is 0 Å². The van der Waals surface area contributed by atoms with Crippen molar-refractivity contribution in [2.45, 2.75) is 13.8 Å². The molecule has 2 rings (SSSR count). The highest BCUT2D eigenvalue weighted by Gasteiger charge is 2.11. The molecule has 5 nitrogen and oxygen atoms in total. The van der Waals surface area contributed by atoms with Gasteiger partial charge in [0.05, 0.1) is 0 Å². The van der Waals surface area contributed by atoms with E-state index in [1.807, 2.05) is 31.2 Å². The standard InChI is InChI=1S/C14H14N2O3/c1-9-3-5-11(6-4-9)16-14(18)12-7-8-13(19-12)15-10(2)17/h3-8H,1-2H3,(H,15,17)(H,16,18). The van der Waals surface area contributed by atoms with Gasteiger partial charge in [-0.2, -0.15) is 0 Å². The third-order valence-corrected chi connectivity index (χ3v) is 2.44. The zero-order valence-corrected chi connectivity index (χ0v) is 10.7. The van der Waals surface area contributed by atoms with Crippen LogP contribution in [0.2, 0.25) is 0 Å². The second-order valence-electron chi connectivity index (χ2n) is 4.17. The fourth-order valence-electron chi connectivity index (χ4n) is 1.53. The Morgan fingerprint density at radius 1 is 1.00 bits per heavy atom. The number of amides is 2. The van der Waals surface area contributed by atoms with Gasteiger partial charge >= 0.3 is 0 Å². The molecule has 1 aromatic carbocycles. The van der Waals surface area contributed by atoms with Crippen LogP contribution in [0.4, 0.5) is 11.6 Å². The Morgan fingerprint density at radius 3 is 2.32 bits per heavy atom. The minimum atomic E-state index is -0.361. The molecule has 0 fully saturated rings. The molecule has 0 unspecified atom stereocenters. The maximum Gasteiger partial charge on any atom is 0.291 e. The topological polar surface area (TPSA) is 71.3 Å². The van der Waals surface area contributed by atoms with Gasteiger partial charge in [0.25, 0.3) is 5.91 Å². The average Bonchev–Trinajstić information content (AvgIpc) is 2.80. The number of rotatable bonds is 3. The summed E-state index contributed by atoms with van der Waals surface area (Å²) >= 11 is 0. The highest BCUT2D eigenvalue weighted by Crippen LogP contribution is 2.15. The number of benzene rings is 1. The van der Waals surface area contributed by atoms with Gasteiger partial charge in [0.15, 0.2) is 11.6 Å². The third-order valence-electron chi connectivity index (χ3n) is 2.44. The fraction of sp³-hybridized carbons (Fsp3) is 0.143. The molecule has 19 heavy (non-hydrogen) atoms. The van der Waals surface area contributed by atoms with Gasteiger partial charge in [-0.25, -0.2) is 0 Å². The molecule has 0 bridgehead atoms. The van der Waals surface area contributed by atoms with Gasteiger partial charge in [0.1, 0.15) is 0 Å². The molecular weight excluding hydrogens is 244 g/mol. The highest BCUT2D eigenvalue weighted by molar-refractivity contribution is 6.02. The first-order chi connectivity index (χ1) is 9.04. The summed E-state index contributed by atoms with van der Waals surface area (Å²) in [5.74, 6) is -0.217. The van der Waals surface area contributed by atoms with E-state index in [2.05, 4.69) is 10.6 Å². The molecule has 0 radical (unpaired) electrons. The van der Waals surface area contributed by atoms with Gasteiger partial charge in [0, 0.05) is 18.7 Å². The van der Waals surface area contributed by atoms with Crippen LogP contribution in [-0.4, -0.2) is 11.8 Å². The first kappa shape index (κ1) is 12.9. The molecule has 0 aliphatic rings. The molecule has 0 spiro atoms. The molecule has 2 N–H and O–H groups in total. The average molecular weight is 258 g/mol. The Hall–Kier alpha value is -2.56. The first-order valence-corrected chi connectivity index (χ1v) is 5.80. The van der Waals surface area contributed by atoms with Crippen LogP contribution in [0.5, 0.6) is 0 Å². The largest absolute Gasteiger partial charge is 0.435 e. The number of carbonyl (C=O) groups excluding carboxylic acids is 2. The minimum absolute atomic E-state index is 0.143. The smallest absolute Gasteiger partial charge is 0.291 e. The lowest BCUT2D eigenvalue weighted by Gasteiger charge is -2.03. The summed E-state index contributed by atoms with van der Waals surface area (Å²) in [6, 6.07) is 10.5. The summed E-state index contributed by atoms with van der Waals surface area (Å²) in [5.41, 5.74) is 1.80.